The number of sulfonamides is 1. The Balaban J connectivity index is 2.19. The summed E-state index contributed by atoms with van der Waals surface area (Å²) >= 11 is 0. The van der Waals surface area contributed by atoms with Crippen LogP contribution in [0, 0.1) is 5.92 Å². The van der Waals surface area contributed by atoms with Crippen LogP contribution in [0.5, 0.6) is 11.5 Å². The van der Waals surface area contributed by atoms with Crippen LogP contribution < -0.4 is 14.8 Å². The first kappa shape index (κ1) is 34.5. The molecule has 14 heteroatoms. The first-order valence-electron chi connectivity index (χ1n) is 13.2. The molecule has 0 heterocycles. The van der Waals surface area contributed by atoms with Crippen molar-refractivity contribution in [2.45, 2.75) is 51.2 Å². The molecule has 0 saturated carbocycles. The highest BCUT2D eigenvalue weighted by Gasteiger charge is 2.31. The van der Waals surface area contributed by atoms with Crippen molar-refractivity contribution in [3.05, 3.63) is 54.1 Å². The number of carboxylic acid groups (broad SMARTS) is 1. The maximum atomic E-state index is 13.4. The van der Waals surface area contributed by atoms with E-state index in [1.54, 1.807) is 38.1 Å². The Bertz CT molecular complexity index is 1230. The van der Waals surface area contributed by atoms with E-state index in [4.69, 9.17) is 18.5 Å². The van der Waals surface area contributed by atoms with Crippen LogP contribution in [0.2, 0.25) is 0 Å². The molecule has 3 N–H and O–H groups in total. The molecule has 0 aromatic heterocycles. The van der Waals surface area contributed by atoms with Crippen LogP contribution in [0.25, 0.3) is 0 Å². The van der Waals surface area contributed by atoms with Crippen molar-refractivity contribution in [3.8, 4) is 11.5 Å². The number of rotatable bonds is 18. The van der Waals surface area contributed by atoms with Crippen molar-refractivity contribution in [1.82, 2.24) is 9.62 Å². The number of carbonyl (C=O) groups is 1. The Morgan fingerprint density at radius 1 is 0.976 bits per heavy atom. The number of hydrogen-bond acceptors (Lipinski definition) is 9. The number of methoxy groups -OCH3 is 1. The van der Waals surface area contributed by atoms with Gasteiger partial charge in [0.05, 0.1) is 37.4 Å². The van der Waals surface area contributed by atoms with E-state index in [-0.39, 0.29) is 49.9 Å². The summed E-state index contributed by atoms with van der Waals surface area (Å²) in [6, 6.07) is 11.5. The molecule has 0 aliphatic heterocycles. The van der Waals surface area contributed by atoms with E-state index in [0.717, 1.165) is 4.31 Å². The summed E-state index contributed by atoms with van der Waals surface area (Å²) < 4.78 is 61.8. The van der Waals surface area contributed by atoms with Gasteiger partial charge >= 0.3 is 13.7 Å². The molecule has 12 nitrogen and oxygen atoms in total. The van der Waals surface area contributed by atoms with Crippen LogP contribution in [-0.4, -0.2) is 80.9 Å². The average Bonchev–Trinajstić information content (AvgIpc) is 2.91. The number of hydrogen-bond donors (Lipinski definition) is 3. The van der Waals surface area contributed by atoms with Gasteiger partial charge in [-0.25, -0.2) is 13.2 Å². The van der Waals surface area contributed by atoms with Crippen LogP contribution in [-0.2, 0) is 30.1 Å². The number of nitrogens with one attached hydrogen (secondary N) is 1. The average molecular weight is 617 g/mol. The van der Waals surface area contributed by atoms with E-state index >= 15 is 0 Å². The maximum absolute atomic E-state index is 13.4. The summed E-state index contributed by atoms with van der Waals surface area (Å²) in [5, 5.41) is 22.8. The van der Waals surface area contributed by atoms with Crippen LogP contribution in [0.15, 0.2) is 53.4 Å². The molecule has 230 valence electrons. The van der Waals surface area contributed by atoms with E-state index in [0.29, 0.717) is 17.1 Å². The summed E-state index contributed by atoms with van der Waals surface area (Å²) in [5.74, 6) is 0.832. The second kappa shape index (κ2) is 16.1. The first-order valence-corrected chi connectivity index (χ1v) is 16.4. The van der Waals surface area contributed by atoms with E-state index in [1.165, 1.54) is 31.4 Å². The Kier molecular flexibility index (Phi) is 13.6. The Labute approximate surface area is 242 Å². The molecule has 2 aromatic carbocycles. The quantitative estimate of drug-likeness (QED) is 0.207. The molecule has 0 saturated heterocycles. The summed E-state index contributed by atoms with van der Waals surface area (Å²) in [4.78, 5) is 11.6. The number of ether oxygens (including phenoxy) is 2. The maximum Gasteiger partial charge on any atom is 0.404 e. The van der Waals surface area contributed by atoms with Crippen LogP contribution >= 0.6 is 7.60 Å². The topological polar surface area (TPSA) is 161 Å². The molecule has 2 rings (SSSR count). The minimum atomic E-state index is -4.00. The highest BCUT2D eigenvalue weighted by Crippen LogP contribution is 2.47. The third-order valence-electron chi connectivity index (χ3n) is 5.85. The van der Waals surface area contributed by atoms with Gasteiger partial charge in [-0.1, -0.05) is 26.0 Å². The fourth-order valence-corrected chi connectivity index (χ4v) is 6.93. The summed E-state index contributed by atoms with van der Waals surface area (Å²) in [6.45, 7) is 7.29. The van der Waals surface area contributed by atoms with Crippen molar-refractivity contribution in [2.24, 2.45) is 5.92 Å². The monoisotopic (exact) mass is 616 g/mol. The molecule has 0 aliphatic carbocycles. The second-order valence-corrected chi connectivity index (χ2v) is 13.5. The van der Waals surface area contributed by atoms with Gasteiger partial charge in [0.2, 0.25) is 10.0 Å². The SMILES string of the molecule is CCOP(=O)(COc1ccc(C[C@@H](NC(=O)O)C(O)CN(CC(C)C)S(=O)(=O)c2ccc(OC)cc2)cc1)OCC. The highest BCUT2D eigenvalue weighted by molar-refractivity contribution is 7.89. The zero-order chi connectivity index (χ0) is 30.6. The van der Waals surface area contributed by atoms with Crippen LogP contribution in [0.1, 0.15) is 33.3 Å². The van der Waals surface area contributed by atoms with Gasteiger partial charge in [-0.15, -0.1) is 0 Å². The lowest BCUT2D eigenvalue weighted by atomic mass is 10.0. The van der Waals surface area contributed by atoms with Crippen molar-refractivity contribution in [2.75, 3.05) is 39.8 Å². The molecule has 0 spiro atoms. The molecule has 1 unspecified atom stereocenters. The standard InChI is InChI=1S/C27H41N2O10PS/c1-6-38-40(33,39-7-2)19-37-23-10-8-21(9-11-23)16-25(28-27(31)32)26(30)18-29(17-20(3)4)41(34,35)24-14-12-22(36-5)13-15-24/h8-15,20,25-26,28,30H,6-7,16-19H2,1-5H3,(H,31,32)/t25-,26?/m1/s1. The summed E-state index contributed by atoms with van der Waals surface area (Å²) in [7, 11) is -5.93. The Hall–Kier alpha value is -2.67. The fourth-order valence-electron chi connectivity index (χ4n) is 3.99. The van der Waals surface area contributed by atoms with Crippen molar-refractivity contribution < 1.29 is 46.5 Å². The largest absolute Gasteiger partial charge is 0.497 e. The summed E-state index contributed by atoms with van der Waals surface area (Å²) in [5.41, 5.74) is 0.654. The van der Waals surface area contributed by atoms with Gasteiger partial charge in [-0.3, -0.25) is 4.57 Å². The van der Waals surface area contributed by atoms with Gasteiger partial charge in [-0.05, 0) is 68.1 Å². The van der Waals surface area contributed by atoms with Gasteiger partial charge in [0.1, 0.15) is 11.5 Å². The lowest BCUT2D eigenvalue weighted by Crippen LogP contribution is -2.50. The molecule has 0 aliphatic rings. The van der Waals surface area contributed by atoms with Gasteiger partial charge in [-0.2, -0.15) is 4.31 Å². The number of aliphatic hydroxyl groups is 1. The molecule has 0 fully saturated rings. The molecule has 1 amide bonds. The first-order chi connectivity index (χ1) is 19.3. The van der Waals surface area contributed by atoms with Crippen LogP contribution in [0.3, 0.4) is 0 Å². The molecule has 2 aromatic rings. The third-order valence-corrected chi connectivity index (χ3v) is 9.44. The van der Waals surface area contributed by atoms with E-state index in [1.807, 2.05) is 13.8 Å². The predicted octanol–water partition coefficient (Wildman–Crippen LogP) is 4.18. The van der Waals surface area contributed by atoms with Crippen molar-refractivity contribution >= 4 is 23.7 Å². The third kappa shape index (κ3) is 10.9. The highest BCUT2D eigenvalue weighted by atomic mass is 32.2. The second-order valence-electron chi connectivity index (χ2n) is 9.58. The molecule has 41 heavy (non-hydrogen) atoms. The van der Waals surface area contributed by atoms with Gasteiger partial charge in [0.25, 0.3) is 0 Å². The number of nitrogens with zero attached hydrogens (tertiary/aromatic N) is 1. The minimum Gasteiger partial charge on any atom is -0.497 e. The van der Waals surface area contributed by atoms with E-state index in [9.17, 15) is 28.0 Å². The number of aliphatic hydroxyl groups excluding tert-OH is 1. The fraction of sp³-hybridized carbons (Fsp3) is 0.519. The van der Waals surface area contributed by atoms with E-state index in [2.05, 4.69) is 5.32 Å². The number of amides is 1. The molecule has 0 bridgehead atoms. The zero-order valence-corrected chi connectivity index (χ0v) is 25.8. The molecule has 2 atom stereocenters. The predicted molar refractivity (Wildman–Crippen MR) is 154 cm³/mol. The van der Waals surface area contributed by atoms with Gasteiger partial charge in [0.15, 0.2) is 6.35 Å². The van der Waals surface area contributed by atoms with Crippen LogP contribution in [0.4, 0.5) is 4.79 Å². The summed E-state index contributed by atoms with van der Waals surface area (Å²) in [6.07, 6.45) is -2.92. The van der Waals surface area contributed by atoms with Gasteiger partial charge < -0.3 is 34.1 Å². The Morgan fingerprint density at radius 3 is 2.02 bits per heavy atom. The normalized spacial score (nSPS) is 13.7. The lowest BCUT2D eigenvalue weighted by Gasteiger charge is -2.30. The smallest absolute Gasteiger partial charge is 0.404 e. The molecular weight excluding hydrogens is 575 g/mol. The van der Waals surface area contributed by atoms with Crippen molar-refractivity contribution in [3.63, 3.8) is 0 Å². The van der Waals surface area contributed by atoms with Gasteiger partial charge in [0, 0.05) is 13.1 Å². The van der Waals surface area contributed by atoms with E-state index < -0.39 is 35.9 Å². The zero-order valence-electron chi connectivity index (χ0n) is 24.1. The Morgan fingerprint density at radius 2 is 1.54 bits per heavy atom. The molecular formula is C27H41N2O10PS. The minimum absolute atomic E-state index is 0.0303. The van der Waals surface area contributed by atoms with Crippen molar-refractivity contribution in [1.29, 1.82) is 0 Å². The lowest BCUT2D eigenvalue weighted by molar-refractivity contribution is 0.0980. The number of benzene rings is 2. The molecule has 0 radical (unpaired) electrons.